The van der Waals surface area contributed by atoms with Gasteiger partial charge in [0.2, 0.25) is 5.91 Å². The molecular weight excluding hydrogens is 294 g/mol. The van der Waals surface area contributed by atoms with E-state index in [1.165, 1.54) is 29.8 Å². The Labute approximate surface area is 134 Å². The Morgan fingerprint density at radius 3 is 2.91 bits per heavy atom. The maximum atomic E-state index is 11.8. The maximum absolute atomic E-state index is 11.8. The molecule has 1 aliphatic carbocycles. The zero-order chi connectivity index (χ0) is 15.2. The van der Waals surface area contributed by atoms with E-state index >= 15 is 0 Å². The van der Waals surface area contributed by atoms with Crippen molar-refractivity contribution in [1.82, 2.24) is 15.3 Å². The minimum absolute atomic E-state index is 0.0712. The number of aryl methyl sites for hydroxylation is 2. The van der Waals surface area contributed by atoms with Gasteiger partial charge in [-0.1, -0.05) is 0 Å². The number of fused-ring (bicyclic) bond motifs is 1. The van der Waals surface area contributed by atoms with Crippen molar-refractivity contribution in [3.05, 3.63) is 51.7 Å². The molecule has 2 aromatic heterocycles. The highest BCUT2D eigenvalue weighted by Gasteiger charge is 2.14. The third kappa shape index (κ3) is 4.01. The quantitative estimate of drug-likeness (QED) is 0.864. The Balaban J connectivity index is 1.45. The summed E-state index contributed by atoms with van der Waals surface area (Å²) >= 11 is 1.81. The Morgan fingerprint density at radius 1 is 1.27 bits per heavy atom. The number of hydrogen-bond acceptors (Lipinski definition) is 4. The number of carbonyl (C=O) groups is 1. The molecule has 5 heteroatoms. The summed E-state index contributed by atoms with van der Waals surface area (Å²) in [6, 6.07) is 3.73. The summed E-state index contributed by atoms with van der Waals surface area (Å²) < 4.78 is 0. The molecule has 0 aliphatic heterocycles. The van der Waals surface area contributed by atoms with Crippen molar-refractivity contribution >= 4 is 23.3 Å². The van der Waals surface area contributed by atoms with Crippen LogP contribution in [0.1, 0.15) is 34.0 Å². The molecule has 0 saturated heterocycles. The smallest absolute Gasteiger partial charge is 0.244 e. The van der Waals surface area contributed by atoms with E-state index in [1.807, 2.05) is 23.5 Å². The molecule has 0 spiro atoms. The van der Waals surface area contributed by atoms with Crippen LogP contribution in [-0.4, -0.2) is 22.4 Å². The van der Waals surface area contributed by atoms with E-state index in [-0.39, 0.29) is 5.91 Å². The van der Waals surface area contributed by atoms with Gasteiger partial charge >= 0.3 is 0 Å². The first-order valence-corrected chi connectivity index (χ1v) is 8.46. The first kappa shape index (κ1) is 14.9. The van der Waals surface area contributed by atoms with Crippen LogP contribution in [0.3, 0.4) is 0 Å². The topological polar surface area (TPSA) is 54.9 Å². The fourth-order valence-corrected chi connectivity index (χ4v) is 3.67. The summed E-state index contributed by atoms with van der Waals surface area (Å²) in [6.07, 6.45) is 12.4. The number of thiazole rings is 1. The predicted molar refractivity (Wildman–Crippen MR) is 88.7 cm³/mol. The van der Waals surface area contributed by atoms with Crippen LogP contribution in [0, 0.1) is 0 Å². The molecule has 0 atom stereocenters. The Bertz CT molecular complexity index is 640. The zero-order valence-electron chi connectivity index (χ0n) is 12.4. The second-order valence-electron chi connectivity index (χ2n) is 5.34. The molecule has 4 nitrogen and oxygen atoms in total. The van der Waals surface area contributed by atoms with Crippen molar-refractivity contribution in [1.29, 1.82) is 0 Å². The fourth-order valence-electron chi connectivity index (χ4n) is 2.51. The molecule has 114 valence electrons. The van der Waals surface area contributed by atoms with E-state index < -0.39 is 0 Å². The van der Waals surface area contributed by atoms with Crippen LogP contribution in [0.25, 0.3) is 6.08 Å². The largest absolute Gasteiger partial charge is 0.352 e. The third-order valence-corrected chi connectivity index (χ3v) is 4.88. The SMILES string of the molecule is O=C(/C=C/c1ccncc1)NCCc1nc2c(s1)CCCC2. The molecular formula is C17H19N3OS. The molecule has 0 fully saturated rings. The number of carbonyl (C=O) groups excluding carboxylic acids is 1. The molecule has 0 saturated carbocycles. The summed E-state index contributed by atoms with van der Waals surface area (Å²) in [5.41, 5.74) is 2.26. The summed E-state index contributed by atoms with van der Waals surface area (Å²) in [6.45, 7) is 0.631. The molecule has 3 rings (SSSR count). The number of amides is 1. The van der Waals surface area contributed by atoms with Crippen LogP contribution in [-0.2, 0) is 24.1 Å². The van der Waals surface area contributed by atoms with E-state index in [9.17, 15) is 4.79 Å². The standard InChI is InChI=1S/C17H19N3OS/c21-16(6-5-13-7-10-18-11-8-13)19-12-9-17-20-14-3-1-2-4-15(14)22-17/h5-8,10-11H,1-4,9,12H2,(H,19,21)/b6-5+. The van der Waals surface area contributed by atoms with Gasteiger partial charge in [0, 0.05) is 36.3 Å². The van der Waals surface area contributed by atoms with Crippen LogP contribution < -0.4 is 5.32 Å². The summed E-state index contributed by atoms with van der Waals surface area (Å²) in [4.78, 5) is 21.8. The van der Waals surface area contributed by atoms with Crippen molar-refractivity contribution in [2.75, 3.05) is 6.54 Å². The Hall–Kier alpha value is -2.01. The van der Waals surface area contributed by atoms with Crippen molar-refractivity contribution in [2.45, 2.75) is 32.1 Å². The zero-order valence-corrected chi connectivity index (χ0v) is 13.2. The molecule has 0 radical (unpaired) electrons. The van der Waals surface area contributed by atoms with Gasteiger partial charge in [-0.05, 0) is 49.5 Å². The van der Waals surface area contributed by atoms with Crippen molar-refractivity contribution in [2.24, 2.45) is 0 Å². The normalized spacial score (nSPS) is 14.0. The van der Waals surface area contributed by atoms with E-state index in [4.69, 9.17) is 0 Å². The molecule has 2 aromatic rings. The number of nitrogens with zero attached hydrogens (tertiary/aromatic N) is 2. The first-order valence-electron chi connectivity index (χ1n) is 7.64. The molecule has 22 heavy (non-hydrogen) atoms. The fraction of sp³-hybridized carbons (Fsp3) is 0.353. The second-order valence-corrected chi connectivity index (χ2v) is 6.51. The minimum atomic E-state index is -0.0712. The molecule has 1 amide bonds. The van der Waals surface area contributed by atoms with Gasteiger partial charge in [-0.3, -0.25) is 9.78 Å². The van der Waals surface area contributed by atoms with Crippen molar-refractivity contribution < 1.29 is 4.79 Å². The predicted octanol–water partition coefficient (Wildman–Crippen LogP) is 2.79. The second kappa shape index (κ2) is 7.31. The monoisotopic (exact) mass is 313 g/mol. The van der Waals surface area contributed by atoms with Gasteiger partial charge in [0.1, 0.15) is 0 Å². The third-order valence-electron chi connectivity index (χ3n) is 3.66. The molecule has 1 aliphatic rings. The Kier molecular flexibility index (Phi) is 4.96. The maximum Gasteiger partial charge on any atom is 0.244 e. The van der Waals surface area contributed by atoms with Crippen molar-refractivity contribution in [3.8, 4) is 0 Å². The van der Waals surface area contributed by atoms with Crippen LogP contribution >= 0.6 is 11.3 Å². The summed E-state index contributed by atoms with van der Waals surface area (Å²) in [7, 11) is 0. The average Bonchev–Trinajstić information content (AvgIpc) is 2.96. The van der Waals surface area contributed by atoms with Crippen LogP contribution in [0.15, 0.2) is 30.6 Å². The number of hydrogen-bond donors (Lipinski definition) is 1. The highest BCUT2D eigenvalue weighted by atomic mass is 32.1. The van der Waals surface area contributed by atoms with E-state index in [0.29, 0.717) is 6.54 Å². The molecule has 0 aromatic carbocycles. The van der Waals surface area contributed by atoms with Gasteiger partial charge in [-0.15, -0.1) is 11.3 Å². The van der Waals surface area contributed by atoms with Gasteiger partial charge in [0.05, 0.1) is 10.7 Å². The summed E-state index contributed by atoms with van der Waals surface area (Å²) in [5.74, 6) is -0.0712. The molecule has 0 unspecified atom stereocenters. The van der Waals surface area contributed by atoms with Gasteiger partial charge in [-0.25, -0.2) is 4.98 Å². The van der Waals surface area contributed by atoms with Gasteiger partial charge < -0.3 is 5.32 Å². The van der Waals surface area contributed by atoms with Gasteiger partial charge in [0.15, 0.2) is 0 Å². The van der Waals surface area contributed by atoms with Crippen LogP contribution in [0.5, 0.6) is 0 Å². The Morgan fingerprint density at radius 2 is 2.09 bits per heavy atom. The highest BCUT2D eigenvalue weighted by Crippen LogP contribution is 2.26. The van der Waals surface area contributed by atoms with E-state index in [2.05, 4.69) is 15.3 Å². The van der Waals surface area contributed by atoms with Crippen molar-refractivity contribution in [3.63, 3.8) is 0 Å². The summed E-state index contributed by atoms with van der Waals surface area (Å²) in [5, 5.41) is 4.05. The molecule has 2 heterocycles. The number of nitrogens with one attached hydrogen (secondary N) is 1. The first-order chi connectivity index (χ1) is 10.8. The number of pyridine rings is 1. The average molecular weight is 313 g/mol. The van der Waals surface area contributed by atoms with Gasteiger partial charge in [-0.2, -0.15) is 0 Å². The number of aromatic nitrogens is 2. The van der Waals surface area contributed by atoms with Crippen LogP contribution in [0.4, 0.5) is 0 Å². The van der Waals surface area contributed by atoms with Crippen LogP contribution in [0.2, 0.25) is 0 Å². The lowest BCUT2D eigenvalue weighted by atomic mass is 10.0. The lowest BCUT2D eigenvalue weighted by molar-refractivity contribution is -0.116. The molecule has 1 N–H and O–H groups in total. The lowest BCUT2D eigenvalue weighted by Gasteiger charge is -2.06. The van der Waals surface area contributed by atoms with Gasteiger partial charge in [0.25, 0.3) is 0 Å². The highest BCUT2D eigenvalue weighted by molar-refractivity contribution is 7.11. The lowest BCUT2D eigenvalue weighted by Crippen LogP contribution is -2.23. The van der Waals surface area contributed by atoms with E-state index in [1.54, 1.807) is 24.5 Å². The minimum Gasteiger partial charge on any atom is -0.352 e. The molecule has 0 bridgehead atoms. The van der Waals surface area contributed by atoms with E-state index in [0.717, 1.165) is 23.4 Å². The number of rotatable bonds is 5.